The molecule has 3 nitrogen and oxygen atoms in total. The lowest BCUT2D eigenvalue weighted by atomic mass is 9.90. The van der Waals surface area contributed by atoms with E-state index in [1.807, 2.05) is 36.0 Å². The molecule has 0 saturated carbocycles. The van der Waals surface area contributed by atoms with Crippen LogP contribution in [0.4, 0.5) is 5.69 Å². The Labute approximate surface area is 113 Å². The molecule has 4 heteroatoms. The van der Waals surface area contributed by atoms with E-state index in [1.54, 1.807) is 0 Å². The van der Waals surface area contributed by atoms with Crippen LogP contribution in [0.3, 0.4) is 0 Å². The summed E-state index contributed by atoms with van der Waals surface area (Å²) in [5, 5.41) is 6.39. The van der Waals surface area contributed by atoms with Crippen molar-refractivity contribution in [2.75, 3.05) is 30.4 Å². The summed E-state index contributed by atoms with van der Waals surface area (Å²) in [4.78, 5) is 12.2. The fourth-order valence-electron chi connectivity index (χ4n) is 2.29. The van der Waals surface area contributed by atoms with E-state index >= 15 is 0 Å². The van der Waals surface area contributed by atoms with E-state index in [4.69, 9.17) is 0 Å². The predicted octanol–water partition coefficient (Wildman–Crippen LogP) is 2.46. The summed E-state index contributed by atoms with van der Waals surface area (Å²) < 4.78 is 0. The van der Waals surface area contributed by atoms with Crippen LogP contribution in [0.25, 0.3) is 0 Å². The van der Waals surface area contributed by atoms with E-state index < -0.39 is 0 Å². The van der Waals surface area contributed by atoms with Crippen molar-refractivity contribution in [3.8, 4) is 0 Å². The van der Waals surface area contributed by atoms with E-state index in [2.05, 4.69) is 16.9 Å². The van der Waals surface area contributed by atoms with Crippen molar-refractivity contribution in [1.29, 1.82) is 0 Å². The van der Waals surface area contributed by atoms with Gasteiger partial charge >= 0.3 is 0 Å². The minimum atomic E-state index is 0.0109. The Kier molecular flexibility index (Phi) is 4.93. The molecule has 1 unspecified atom stereocenters. The lowest BCUT2D eigenvalue weighted by molar-refractivity contribution is -0.122. The number of rotatable bonds is 5. The van der Waals surface area contributed by atoms with Crippen LogP contribution in [0.5, 0.6) is 0 Å². The number of amides is 1. The second kappa shape index (κ2) is 6.69. The maximum Gasteiger partial charge on any atom is 0.227 e. The number of benzene rings is 1. The third-order valence-corrected chi connectivity index (χ3v) is 3.92. The summed E-state index contributed by atoms with van der Waals surface area (Å²) in [6, 6.07) is 8.10. The molecule has 18 heavy (non-hydrogen) atoms. The molecule has 0 aliphatic carbocycles. The zero-order chi connectivity index (χ0) is 12.8. The Hall–Kier alpha value is -1.16. The standard InChI is InChI=1S/C14H20N2OS/c1-18-10-4-8-16-14(17)12-7-9-15-13-6-3-2-5-11(12)13/h2-3,5-6,12,15H,4,7-10H2,1H3,(H,16,17). The zero-order valence-corrected chi connectivity index (χ0v) is 11.6. The minimum Gasteiger partial charge on any atom is -0.385 e. The Morgan fingerprint density at radius 1 is 1.50 bits per heavy atom. The molecule has 1 amide bonds. The van der Waals surface area contributed by atoms with Crippen molar-refractivity contribution in [2.24, 2.45) is 0 Å². The van der Waals surface area contributed by atoms with Crippen LogP contribution >= 0.6 is 11.8 Å². The number of nitrogens with one attached hydrogen (secondary N) is 2. The summed E-state index contributed by atoms with van der Waals surface area (Å²) in [5.74, 6) is 1.28. The SMILES string of the molecule is CSCCCNC(=O)C1CCNc2ccccc21. The topological polar surface area (TPSA) is 41.1 Å². The largest absolute Gasteiger partial charge is 0.385 e. The minimum absolute atomic E-state index is 0.0109. The van der Waals surface area contributed by atoms with Crippen molar-refractivity contribution in [1.82, 2.24) is 5.32 Å². The monoisotopic (exact) mass is 264 g/mol. The molecule has 0 saturated heterocycles. The molecule has 1 aliphatic heterocycles. The molecule has 2 rings (SSSR count). The van der Waals surface area contributed by atoms with Crippen molar-refractivity contribution in [3.63, 3.8) is 0 Å². The van der Waals surface area contributed by atoms with Crippen molar-refractivity contribution in [3.05, 3.63) is 29.8 Å². The molecule has 1 aliphatic rings. The molecule has 1 aromatic carbocycles. The number of thioether (sulfide) groups is 1. The number of hydrogen-bond acceptors (Lipinski definition) is 3. The third-order valence-electron chi connectivity index (χ3n) is 3.23. The van der Waals surface area contributed by atoms with Gasteiger partial charge in [0.25, 0.3) is 0 Å². The van der Waals surface area contributed by atoms with Gasteiger partial charge in [0.1, 0.15) is 0 Å². The highest BCUT2D eigenvalue weighted by Crippen LogP contribution is 2.31. The molecule has 0 bridgehead atoms. The summed E-state index contributed by atoms with van der Waals surface area (Å²) in [6.07, 6.45) is 4.01. The second-order valence-corrected chi connectivity index (χ2v) is 5.48. The van der Waals surface area contributed by atoms with E-state index in [9.17, 15) is 4.79 Å². The van der Waals surface area contributed by atoms with Crippen molar-refractivity contribution in [2.45, 2.75) is 18.8 Å². The number of carbonyl (C=O) groups is 1. The van der Waals surface area contributed by atoms with Gasteiger partial charge in [0.05, 0.1) is 5.92 Å². The number of anilines is 1. The quantitative estimate of drug-likeness (QED) is 0.803. The first-order valence-corrected chi connectivity index (χ1v) is 7.81. The zero-order valence-electron chi connectivity index (χ0n) is 10.7. The molecular weight excluding hydrogens is 244 g/mol. The van der Waals surface area contributed by atoms with Crippen LogP contribution in [0.1, 0.15) is 24.3 Å². The van der Waals surface area contributed by atoms with Crippen molar-refractivity contribution < 1.29 is 4.79 Å². The number of carbonyl (C=O) groups excluding carboxylic acids is 1. The van der Waals surface area contributed by atoms with Gasteiger partial charge in [0.15, 0.2) is 0 Å². The van der Waals surface area contributed by atoms with E-state index in [-0.39, 0.29) is 11.8 Å². The maximum absolute atomic E-state index is 12.2. The van der Waals surface area contributed by atoms with Crippen LogP contribution in [-0.2, 0) is 4.79 Å². The molecule has 0 radical (unpaired) electrons. The first-order valence-electron chi connectivity index (χ1n) is 6.42. The van der Waals surface area contributed by atoms with Crippen LogP contribution in [0.2, 0.25) is 0 Å². The summed E-state index contributed by atoms with van der Waals surface area (Å²) >= 11 is 1.82. The second-order valence-electron chi connectivity index (χ2n) is 4.49. The molecule has 98 valence electrons. The molecule has 1 heterocycles. The fraction of sp³-hybridized carbons (Fsp3) is 0.500. The van der Waals surface area contributed by atoms with Crippen molar-refractivity contribution >= 4 is 23.4 Å². The number of fused-ring (bicyclic) bond motifs is 1. The predicted molar refractivity (Wildman–Crippen MR) is 78.3 cm³/mol. The molecule has 0 aromatic heterocycles. The van der Waals surface area contributed by atoms with Crippen LogP contribution in [0.15, 0.2) is 24.3 Å². The normalized spacial score (nSPS) is 17.7. The Morgan fingerprint density at radius 2 is 2.33 bits per heavy atom. The first-order chi connectivity index (χ1) is 8.83. The smallest absolute Gasteiger partial charge is 0.227 e. The first kappa shape index (κ1) is 13.3. The van der Waals surface area contributed by atoms with E-state index in [0.717, 1.165) is 42.9 Å². The van der Waals surface area contributed by atoms with Gasteiger partial charge in [-0.25, -0.2) is 0 Å². The van der Waals surface area contributed by atoms with Gasteiger partial charge in [0.2, 0.25) is 5.91 Å². The fourth-order valence-corrected chi connectivity index (χ4v) is 2.73. The Bertz CT molecular complexity index is 409. The number of hydrogen-bond donors (Lipinski definition) is 2. The van der Waals surface area contributed by atoms with Gasteiger partial charge in [0, 0.05) is 18.8 Å². The average Bonchev–Trinajstić information content (AvgIpc) is 2.43. The van der Waals surface area contributed by atoms with Gasteiger partial charge in [-0.3, -0.25) is 4.79 Å². The van der Waals surface area contributed by atoms with Gasteiger partial charge < -0.3 is 10.6 Å². The van der Waals surface area contributed by atoms with Crippen LogP contribution in [0, 0.1) is 0 Å². The molecule has 1 aromatic rings. The van der Waals surface area contributed by atoms with E-state index in [0.29, 0.717) is 0 Å². The average molecular weight is 264 g/mol. The van der Waals surface area contributed by atoms with Gasteiger partial charge in [-0.2, -0.15) is 11.8 Å². The number of para-hydroxylation sites is 1. The van der Waals surface area contributed by atoms with Gasteiger partial charge in [-0.15, -0.1) is 0 Å². The lowest BCUT2D eigenvalue weighted by Gasteiger charge is -2.25. The summed E-state index contributed by atoms with van der Waals surface area (Å²) in [6.45, 7) is 1.66. The van der Waals surface area contributed by atoms with Gasteiger partial charge in [-0.1, -0.05) is 18.2 Å². The molecular formula is C14H20N2OS. The molecule has 0 fully saturated rings. The highest BCUT2D eigenvalue weighted by atomic mass is 32.2. The highest BCUT2D eigenvalue weighted by molar-refractivity contribution is 7.98. The highest BCUT2D eigenvalue weighted by Gasteiger charge is 2.25. The molecule has 0 spiro atoms. The molecule has 1 atom stereocenters. The Morgan fingerprint density at radius 3 is 3.17 bits per heavy atom. The van der Waals surface area contributed by atoms with E-state index in [1.165, 1.54) is 0 Å². The lowest BCUT2D eigenvalue weighted by Crippen LogP contribution is -2.33. The Balaban J connectivity index is 1.95. The van der Waals surface area contributed by atoms with Gasteiger partial charge in [-0.05, 0) is 36.5 Å². The third kappa shape index (κ3) is 3.19. The van der Waals surface area contributed by atoms with Crippen LogP contribution < -0.4 is 10.6 Å². The summed E-state index contributed by atoms with van der Waals surface area (Å²) in [7, 11) is 0. The van der Waals surface area contributed by atoms with Crippen LogP contribution in [-0.4, -0.2) is 31.0 Å². The molecule has 2 N–H and O–H groups in total. The summed E-state index contributed by atoms with van der Waals surface area (Å²) in [5.41, 5.74) is 2.24. The maximum atomic E-state index is 12.2.